The van der Waals surface area contributed by atoms with Gasteiger partial charge in [0.15, 0.2) is 0 Å². The minimum atomic E-state index is -0.538. The van der Waals surface area contributed by atoms with Crippen molar-refractivity contribution >= 4 is 11.6 Å². The van der Waals surface area contributed by atoms with E-state index >= 15 is 0 Å². The molecule has 0 radical (unpaired) electrons. The maximum absolute atomic E-state index is 13.6. The average Bonchev–Trinajstić information content (AvgIpc) is 2.22. The summed E-state index contributed by atoms with van der Waals surface area (Å²) in [6.07, 6.45) is 0. The molecule has 0 fully saturated rings. The van der Waals surface area contributed by atoms with Gasteiger partial charge in [0.25, 0.3) is 0 Å². The summed E-state index contributed by atoms with van der Waals surface area (Å²) >= 11 is 5.80. The lowest BCUT2D eigenvalue weighted by molar-refractivity contribution is 0.164. The van der Waals surface area contributed by atoms with Crippen LogP contribution < -0.4 is 5.73 Å². The second-order valence-electron chi connectivity index (χ2n) is 4.28. The van der Waals surface area contributed by atoms with E-state index in [0.717, 1.165) is 0 Å². The van der Waals surface area contributed by atoms with E-state index in [1.807, 2.05) is 13.8 Å². The highest BCUT2D eigenvalue weighted by Gasteiger charge is 2.24. The highest BCUT2D eigenvalue weighted by atomic mass is 35.5. The molecule has 0 saturated carbocycles. The van der Waals surface area contributed by atoms with Gasteiger partial charge in [-0.1, -0.05) is 25.4 Å². The number of nitrogens with two attached hydrogens (primary N) is 1. The molecular weight excluding hydrogens is 229 g/mol. The molecule has 0 saturated heterocycles. The third-order valence-electron chi connectivity index (χ3n) is 2.85. The van der Waals surface area contributed by atoms with Crippen LogP contribution in [-0.4, -0.2) is 11.7 Å². The fourth-order valence-corrected chi connectivity index (χ4v) is 1.92. The molecule has 1 rings (SSSR count). The molecule has 0 aliphatic rings. The summed E-state index contributed by atoms with van der Waals surface area (Å²) in [4.78, 5) is 0. The smallest absolute Gasteiger partial charge is 0.128 e. The first-order valence-electron chi connectivity index (χ1n) is 5.28. The van der Waals surface area contributed by atoms with Crippen LogP contribution in [0.1, 0.15) is 25.5 Å². The Balaban J connectivity index is 3.02. The van der Waals surface area contributed by atoms with Crippen molar-refractivity contribution in [1.82, 2.24) is 0 Å². The Morgan fingerprint density at radius 3 is 2.56 bits per heavy atom. The van der Waals surface area contributed by atoms with Gasteiger partial charge in [0.05, 0.1) is 0 Å². The molecule has 0 aliphatic carbocycles. The fraction of sp³-hybridized carbons (Fsp3) is 0.500. The first-order chi connectivity index (χ1) is 7.47. The van der Waals surface area contributed by atoms with Crippen LogP contribution in [0.4, 0.5) is 4.39 Å². The SMILES string of the molecule is CC(C)C(CO)C(N)c1cc(Cl)ccc1F. The average molecular weight is 246 g/mol. The van der Waals surface area contributed by atoms with Crippen LogP contribution in [0, 0.1) is 17.7 Å². The van der Waals surface area contributed by atoms with Crippen LogP contribution in [-0.2, 0) is 0 Å². The zero-order chi connectivity index (χ0) is 12.3. The summed E-state index contributed by atoms with van der Waals surface area (Å²) in [6, 6.07) is 3.76. The van der Waals surface area contributed by atoms with E-state index < -0.39 is 6.04 Å². The minimum Gasteiger partial charge on any atom is -0.396 e. The minimum absolute atomic E-state index is 0.0647. The summed E-state index contributed by atoms with van der Waals surface area (Å²) in [5, 5.41) is 9.70. The molecular formula is C12H17ClFNO. The molecule has 0 bridgehead atoms. The zero-order valence-corrected chi connectivity index (χ0v) is 10.2. The lowest BCUT2D eigenvalue weighted by Crippen LogP contribution is -2.29. The quantitative estimate of drug-likeness (QED) is 0.857. The molecule has 4 heteroatoms. The van der Waals surface area contributed by atoms with Gasteiger partial charge < -0.3 is 10.8 Å². The van der Waals surface area contributed by atoms with Crippen LogP contribution in [0.15, 0.2) is 18.2 Å². The largest absolute Gasteiger partial charge is 0.396 e. The van der Waals surface area contributed by atoms with E-state index in [0.29, 0.717) is 10.6 Å². The van der Waals surface area contributed by atoms with Crippen LogP contribution in [0.3, 0.4) is 0 Å². The van der Waals surface area contributed by atoms with Crippen molar-refractivity contribution in [1.29, 1.82) is 0 Å². The highest BCUT2D eigenvalue weighted by molar-refractivity contribution is 6.30. The number of hydrogen-bond acceptors (Lipinski definition) is 2. The summed E-state index contributed by atoms with van der Waals surface area (Å²) in [7, 11) is 0. The monoisotopic (exact) mass is 245 g/mol. The van der Waals surface area contributed by atoms with Gasteiger partial charge in [-0.05, 0) is 24.1 Å². The highest BCUT2D eigenvalue weighted by Crippen LogP contribution is 2.29. The third kappa shape index (κ3) is 2.94. The summed E-state index contributed by atoms with van der Waals surface area (Å²) in [5.74, 6) is -0.373. The number of aliphatic hydroxyl groups excluding tert-OH is 1. The van der Waals surface area contributed by atoms with E-state index in [1.165, 1.54) is 18.2 Å². The molecule has 2 nitrogen and oxygen atoms in total. The lowest BCUT2D eigenvalue weighted by atomic mass is 9.85. The van der Waals surface area contributed by atoms with E-state index in [2.05, 4.69) is 0 Å². The van der Waals surface area contributed by atoms with Gasteiger partial charge in [0.1, 0.15) is 5.82 Å². The predicted octanol–water partition coefficient (Wildman–Crippen LogP) is 2.74. The maximum atomic E-state index is 13.6. The number of rotatable bonds is 4. The molecule has 16 heavy (non-hydrogen) atoms. The van der Waals surface area contributed by atoms with Gasteiger partial charge in [0.2, 0.25) is 0 Å². The molecule has 90 valence electrons. The third-order valence-corrected chi connectivity index (χ3v) is 3.08. The van der Waals surface area contributed by atoms with Crippen LogP contribution in [0.2, 0.25) is 5.02 Å². The van der Waals surface area contributed by atoms with E-state index in [1.54, 1.807) is 0 Å². The molecule has 2 atom stereocenters. The lowest BCUT2D eigenvalue weighted by Gasteiger charge is -2.26. The fourth-order valence-electron chi connectivity index (χ4n) is 1.74. The Morgan fingerprint density at radius 1 is 1.44 bits per heavy atom. The van der Waals surface area contributed by atoms with Gasteiger partial charge in [-0.15, -0.1) is 0 Å². The molecule has 3 N–H and O–H groups in total. The molecule has 0 spiro atoms. The maximum Gasteiger partial charge on any atom is 0.128 e. The Labute approximate surface area is 100 Å². The molecule has 2 unspecified atom stereocenters. The van der Waals surface area contributed by atoms with Gasteiger partial charge in [0, 0.05) is 29.2 Å². The molecule has 0 aliphatic heterocycles. The standard InChI is InChI=1S/C12H17ClFNO/c1-7(2)10(6-16)12(15)9-5-8(13)3-4-11(9)14/h3-5,7,10,12,16H,6,15H2,1-2H3. The van der Waals surface area contributed by atoms with E-state index in [4.69, 9.17) is 17.3 Å². The van der Waals surface area contributed by atoms with Crippen molar-refractivity contribution < 1.29 is 9.50 Å². The molecule has 0 amide bonds. The molecule has 1 aromatic rings. The van der Waals surface area contributed by atoms with Crippen molar-refractivity contribution in [2.45, 2.75) is 19.9 Å². The van der Waals surface area contributed by atoms with Crippen molar-refractivity contribution in [2.75, 3.05) is 6.61 Å². The van der Waals surface area contributed by atoms with Gasteiger partial charge in [-0.2, -0.15) is 0 Å². The van der Waals surface area contributed by atoms with Crippen LogP contribution in [0.25, 0.3) is 0 Å². The predicted molar refractivity (Wildman–Crippen MR) is 63.8 cm³/mol. The van der Waals surface area contributed by atoms with Crippen molar-refractivity contribution in [3.8, 4) is 0 Å². The second-order valence-corrected chi connectivity index (χ2v) is 4.72. The van der Waals surface area contributed by atoms with Crippen molar-refractivity contribution in [3.05, 3.63) is 34.6 Å². The zero-order valence-electron chi connectivity index (χ0n) is 9.45. The van der Waals surface area contributed by atoms with Gasteiger partial charge in [-0.25, -0.2) is 4.39 Å². The van der Waals surface area contributed by atoms with Crippen LogP contribution >= 0.6 is 11.6 Å². The normalized spacial score (nSPS) is 15.2. The van der Waals surface area contributed by atoms with Gasteiger partial charge >= 0.3 is 0 Å². The Morgan fingerprint density at radius 2 is 2.06 bits per heavy atom. The molecule has 1 aromatic carbocycles. The van der Waals surface area contributed by atoms with Crippen molar-refractivity contribution in [3.63, 3.8) is 0 Å². The first kappa shape index (κ1) is 13.4. The van der Waals surface area contributed by atoms with Gasteiger partial charge in [-0.3, -0.25) is 0 Å². The Kier molecular flexibility index (Phi) is 4.71. The Bertz CT molecular complexity index is 357. The summed E-state index contributed by atoms with van der Waals surface area (Å²) in [6.45, 7) is 3.83. The second kappa shape index (κ2) is 5.62. The Hall–Kier alpha value is -0.640. The molecule has 0 aromatic heterocycles. The van der Waals surface area contributed by atoms with E-state index in [-0.39, 0.29) is 24.3 Å². The van der Waals surface area contributed by atoms with Crippen LogP contribution in [0.5, 0.6) is 0 Å². The number of aliphatic hydroxyl groups is 1. The van der Waals surface area contributed by atoms with E-state index in [9.17, 15) is 9.50 Å². The topological polar surface area (TPSA) is 46.2 Å². The van der Waals surface area contributed by atoms with Crippen molar-refractivity contribution in [2.24, 2.45) is 17.6 Å². The number of hydrogen-bond donors (Lipinski definition) is 2. The molecule has 0 heterocycles. The number of halogens is 2. The summed E-state index contributed by atoms with van der Waals surface area (Å²) < 4.78 is 13.6. The number of benzene rings is 1. The summed E-state index contributed by atoms with van der Waals surface area (Å²) in [5.41, 5.74) is 6.32. The first-order valence-corrected chi connectivity index (χ1v) is 5.66.